The lowest BCUT2D eigenvalue weighted by Crippen LogP contribution is -2.22. The van der Waals surface area contributed by atoms with Gasteiger partial charge in [-0.2, -0.15) is 0 Å². The molecule has 3 aromatic heterocycles. The van der Waals surface area contributed by atoms with E-state index >= 15 is 0 Å². The van der Waals surface area contributed by atoms with Crippen LogP contribution in [-0.2, 0) is 18.3 Å². The van der Waals surface area contributed by atoms with Crippen LogP contribution >= 0.6 is 0 Å². The second-order valence-electron chi connectivity index (χ2n) is 5.57. The predicted molar refractivity (Wildman–Crippen MR) is 93.2 cm³/mol. The molecule has 0 aliphatic heterocycles. The number of methoxy groups -OCH3 is 1. The molecular formula is C16H21N7O2. The van der Waals surface area contributed by atoms with Crippen molar-refractivity contribution in [2.75, 3.05) is 37.5 Å². The molecule has 3 heterocycles. The van der Waals surface area contributed by atoms with Crippen molar-refractivity contribution in [3.63, 3.8) is 0 Å². The predicted octanol–water partition coefficient (Wildman–Crippen LogP) is 1.56. The Hall–Kier alpha value is -2.94. The number of hydrogen-bond donors (Lipinski definition) is 1. The van der Waals surface area contributed by atoms with Crippen LogP contribution in [0.2, 0.25) is 0 Å². The van der Waals surface area contributed by atoms with Gasteiger partial charge in [0.25, 0.3) is 5.89 Å². The van der Waals surface area contributed by atoms with Gasteiger partial charge in [0.2, 0.25) is 0 Å². The molecule has 0 atom stereocenters. The average Bonchev–Trinajstić information content (AvgIpc) is 3.26. The van der Waals surface area contributed by atoms with Crippen molar-refractivity contribution in [2.24, 2.45) is 7.05 Å². The molecule has 0 aliphatic carbocycles. The quantitative estimate of drug-likeness (QED) is 0.658. The highest BCUT2D eigenvalue weighted by Crippen LogP contribution is 2.18. The third kappa shape index (κ3) is 4.13. The van der Waals surface area contributed by atoms with Crippen molar-refractivity contribution in [3.8, 4) is 11.7 Å². The van der Waals surface area contributed by atoms with E-state index in [0.29, 0.717) is 30.9 Å². The molecular weight excluding hydrogens is 322 g/mol. The molecule has 132 valence electrons. The summed E-state index contributed by atoms with van der Waals surface area (Å²) in [6.45, 7) is 1.99. The normalized spacial score (nSPS) is 10.8. The number of aromatic nitrogens is 5. The van der Waals surface area contributed by atoms with E-state index in [1.54, 1.807) is 13.3 Å². The number of ether oxygens (including phenoxy) is 1. The van der Waals surface area contributed by atoms with Gasteiger partial charge in [0, 0.05) is 52.9 Å². The smallest absolute Gasteiger partial charge is 0.316 e. The van der Waals surface area contributed by atoms with Crippen LogP contribution < -0.4 is 10.2 Å². The Morgan fingerprint density at radius 2 is 2.16 bits per heavy atom. The van der Waals surface area contributed by atoms with Crippen LogP contribution in [0.15, 0.2) is 35.1 Å². The number of aryl methyl sites for hydroxylation is 1. The Kier molecular flexibility index (Phi) is 5.24. The molecule has 0 bridgehead atoms. The summed E-state index contributed by atoms with van der Waals surface area (Å²) < 4.78 is 12.5. The summed E-state index contributed by atoms with van der Waals surface area (Å²) >= 11 is 0. The first kappa shape index (κ1) is 16.9. The van der Waals surface area contributed by atoms with Gasteiger partial charge in [0.1, 0.15) is 5.82 Å². The second-order valence-corrected chi connectivity index (χ2v) is 5.57. The van der Waals surface area contributed by atoms with E-state index in [1.165, 1.54) is 0 Å². The first-order chi connectivity index (χ1) is 12.2. The third-order valence-corrected chi connectivity index (χ3v) is 3.71. The Bertz CT molecular complexity index is 797. The number of anilines is 2. The van der Waals surface area contributed by atoms with E-state index in [2.05, 4.69) is 25.5 Å². The summed E-state index contributed by atoms with van der Waals surface area (Å²) in [4.78, 5) is 10.7. The van der Waals surface area contributed by atoms with Gasteiger partial charge in [-0.1, -0.05) is 11.2 Å². The summed E-state index contributed by atoms with van der Waals surface area (Å²) in [7, 11) is 5.54. The lowest BCUT2D eigenvalue weighted by Gasteiger charge is -2.17. The van der Waals surface area contributed by atoms with Crippen molar-refractivity contribution in [1.29, 1.82) is 0 Å². The van der Waals surface area contributed by atoms with Crippen LogP contribution in [0.5, 0.6) is 0 Å². The van der Waals surface area contributed by atoms with E-state index in [0.717, 1.165) is 17.9 Å². The molecule has 25 heavy (non-hydrogen) atoms. The van der Waals surface area contributed by atoms with Crippen LogP contribution in [0.3, 0.4) is 0 Å². The fourth-order valence-corrected chi connectivity index (χ4v) is 2.22. The maximum atomic E-state index is 5.58. The Morgan fingerprint density at radius 3 is 2.84 bits per heavy atom. The maximum absolute atomic E-state index is 5.58. The number of nitrogens with one attached hydrogen (secondary N) is 1. The van der Waals surface area contributed by atoms with E-state index in [1.807, 2.05) is 48.1 Å². The number of imidazole rings is 1. The number of pyridine rings is 1. The molecule has 0 amide bonds. The molecule has 0 aromatic carbocycles. The van der Waals surface area contributed by atoms with Gasteiger partial charge in [-0.15, -0.1) is 5.10 Å². The highest BCUT2D eigenvalue weighted by Gasteiger charge is 2.12. The van der Waals surface area contributed by atoms with Gasteiger partial charge in [-0.05, 0) is 11.6 Å². The number of hydrogen-bond acceptors (Lipinski definition) is 8. The minimum absolute atomic E-state index is 0.347. The van der Waals surface area contributed by atoms with Gasteiger partial charge in [-0.3, -0.25) is 0 Å². The molecule has 0 unspecified atom stereocenters. The summed E-state index contributed by atoms with van der Waals surface area (Å²) in [5.74, 6) is 1.91. The van der Waals surface area contributed by atoms with Crippen LogP contribution in [0.1, 0.15) is 5.56 Å². The van der Waals surface area contributed by atoms with E-state index in [4.69, 9.17) is 9.15 Å². The van der Waals surface area contributed by atoms with E-state index in [9.17, 15) is 0 Å². The van der Waals surface area contributed by atoms with Crippen molar-refractivity contribution in [2.45, 2.75) is 6.54 Å². The van der Waals surface area contributed by atoms with Crippen molar-refractivity contribution in [1.82, 2.24) is 24.7 Å². The molecule has 1 N–H and O–H groups in total. The zero-order chi connectivity index (χ0) is 17.6. The molecule has 0 radical (unpaired) electrons. The second kappa shape index (κ2) is 7.75. The summed E-state index contributed by atoms with van der Waals surface area (Å²) in [6, 6.07) is 4.33. The molecule has 9 heteroatoms. The van der Waals surface area contributed by atoms with Crippen LogP contribution in [0.4, 0.5) is 11.8 Å². The molecule has 3 aromatic rings. The van der Waals surface area contributed by atoms with Crippen LogP contribution in [0.25, 0.3) is 11.7 Å². The van der Waals surface area contributed by atoms with Crippen LogP contribution in [0, 0.1) is 0 Å². The zero-order valence-corrected chi connectivity index (χ0v) is 14.5. The highest BCUT2D eigenvalue weighted by molar-refractivity contribution is 5.42. The first-order valence-corrected chi connectivity index (χ1v) is 7.87. The SMILES string of the molecule is COCCN(C)c1ccc(CNc2nnc(-c3nccn3C)o2)cn1. The van der Waals surface area contributed by atoms with Gasteiger partial charge >= 0.3 is 6.01 Å². The van der Waals surface area contributed by atoms with Gasteiger partial charge in [-0.25, -0.2) is 9.97 Å². The van der Waals surface area contributed by atoms with Crippen molar-refractivity contribution in [3.05, 3.63) is 36.3 Å². The lowest BCUT2D eigenvalue weighted by atomic mass is 10.3. The van der Waals surface area contributed by atoms with Crippen molar-refractivity contribution < 1.29 is 9.15 Å². The number of rotatable bonds is 8. The maximum Gasteiger partial charge on any atom is 0.316 e. The number of likely N-dealkylation sites (N-methyl/N-ethyl adjacent to an activating group) is 1. The molecule has 0 aliphatic rings. The average molecular weight is 343 g/mol. The minimum atomic E-state index is 0.347. The van der Waals surface area contributed by atoms with Gasteiger partial charge in [0.15, 0.2) is 5.82 Å². The molecule has 0 spiro atoms. The minimum Gasteiger partial charge on any atom is -0.400 e. The zero-order valence-electron chi connectivity index (χ0n) is 14.5. The number of nitrogens with zero attached hydrogens (tertiary/aromatic N) is 6. The fourth-order valence-electron chi connectivity index (χ4n) is 2.22. The van der Waals surface area contributed by atoms with Crippen molar-refractivity contribution >= 4 is 11.8 Å². The molecule has 0 saturated heterocycles. The fraction of sp³-hybridized carbons (Fsp3) is 0.375. The Balaban J connectivity index is 1.57. The first-order valence-electron chi connectivity index (χ1n) is 7.87. The van der Waals surface area contributed by atoms with Gasteiger partial charge < -0.3 is 23.9 Å². The monoisotopic (exact) mass is 343 g/mol. The third-order valence-electron chi connectivity index (χ3n) is 3.71. The van der Waals surface area contributed by atoms with Crippen LogP contribution in [-0.4, -0.2) is 52.0 Å². The molecule has 3 rings (SSSR count). The summed E-state index contributed by atoms with van der Waals surface area (Å²) in [6.07, 6.45) is 5.33. The topological polar surface area (TPSA) is 94.1 Å². The summed E-state index contributed by atoms with van der Waals surface area (Å²) in [5, 5.41) is 11.1. The van der Waals surface area contributed by atoms with Gasteiger partial charge in [0.05, 0.1) is 6.61 Å². The Morgan fingerprint density at radius 1 is 1.28 bits per heavy atom. The molecule has 0 fully saturated rings. The Labute approximate surface area is 145 Å². The molecule has 0 saturated carbocycles. The van der Waals surface area contributed by atoms with E-state index < -0.39 is 0 Å². The summed E-state index contributed by atoms with van der Waals surface area (Å²) in [5.41, 5.74) is 1.01. The standard InChI is InChI=1S/C16H21N7O2/c1-22(8-9-24-3)13-5-4-12(10-18-13)11-19-16-21-20-15(25-16)14-17-6-7-23(14)2/h4-7,10H,8-9,11H2,1-3H3,(H,19,21). The van der Waals surface area contributed by atoms with E-state index in [-0.39, 0.29) is 0 Å². The molecule has 9 nitrogen and oxygen atoms in total. The lowest BCUT2D eigenvalue weighted by molar-refractivity contribution is 0.206. The highest BCUT2D eigenvalue weighted by atomic mass is 16.5. The largest absolute Gasteiger partial charge is 0.400 e.